The highest BCUT2D eigenvalue weighted by atomic mass is 127. The minimum absolute atomic E-state index is 0.0914. The third-order valence-electron chi connectivity index (χ3n) is 3.65. The number of halogens is 1. The maximum atomic E-state index is 12.8. The van der Waals surface area contributed by atoms with Gasteiger partial charge in [0.25, 0.3) is 5.91 Å². The van der Waals surface area contributed by atoms with Crippen LogP contribution in [0.25, 0.3) is 0 Å². The molecule has 0 saturated carbocycles. The Kier molecular flexibility index (Phi) is 6.30. The van der Waals surface area contributed by atoms with Crippen LogP contribution in [0.5, 0.6) is 17.2 Å². The molecule has 2 aromatic rings. The fourth-order valence-electron chi connectivity index (χ4n) is 2.38. The monoisotopic (exact) mass is 441 g/mol. The lowest BCUT2D eigenvalue weighted by Gasteiger charge is -2.20. The molecule has 0 atom stereocenters. The molecule has 5 nitrogen and oxygen atoms in total. The molecule has 128 valence electrons. The van der Waals surface area contributed by atoms with Crippen molar-refractivity contribution in [3.8, 4) is 17.2 Å². The van der Waals surface area contributed by atoms with Crippen LogP contribution in [0.3, 0.4) is 0 Å². The van der Waals surface area contributed by atoms with Gasteiger partial charge in [0.05, 0.1) is 26.9 Å². The molecule has 0 saturated heterocycles. The first kappa shape index (κ1) is 18.4. The van der Waals surface area contributed by atoms with Gasteiger partial charge < -0.3 is 19.1 Å². The number of hydrogen-bond donors (Lipinski definition) is 0. The van der Waals surface area contributed by atoms with Crippen LogP contribution in [-0.4, -0.2) is 39.2 Å². The van der Waals surface area contributed by atoms with Crippen LogP contribution in [0.4, 0.5) is 0 Å². The van der Waals surface area contributed by atoms with Crippen LogP contribution in [0.15, 0.2) is 36.4 Å². The van der Waals surface area contributed by atoms with Crippen LogP contribution >= 0.6 is 22.6 Å². The number of hydrogen-bond acceptors (Lipinski definition) is 4. The van der Waals surface area contributed by atoms with E-state index in [-0.39, 0.29) is 5.91 Å². The van der Waals surface area contributed by atoms with Gasteiger partial charge in [-0.2, -0.15) is 0 Å². The second-order valence-electron chi connectivity index (χ2n) is 5.16. The van der Waals surface area contributed by atoms with E-state index in [2.05, 4.69) is 22.6 Å². The summed E-state index contributed by atoms with van der Waals surface area (Å²) in [5, 5.41) is 0. The van der Waals surface area contributed by atoms with Gasteiger partial charge in [-0.1, -0.05) is 18.2 Å². The molecule has 0 N–H and O–H groups in total. The van der Waals surface area contributed by atoms with Crippen molar-refractivity contribution in [1.82, 2.24) is 4.90 Å². The third-order valence-corrected chi connectivity index (χ3v) is 4.54. The van der Waals surface area contributed by atoms with Crippen molar-refractivity contribution in [2.24, 2.45) is 0 Å². The van der Waals surface area contributed by atoms with Crippen molar-refractivity contribution in [3.63, 3.8) is 0 Å². The van der Waals surface area contributed by atoms with Crippen LogP contribution in [0.1, 0.15) is 15.9 Å². The minimum Gasteiger partial charge on any atom is -0.496 e. The molecule has 0 fully saturated rings. The average molecular weight is 441 g/mol. The lowest BCUT2D eigenvalue weighted by atomic mass is 10.1. The number of para-hydroxylation sites is 1. The summed E-state index contributed by atoms with van der Waals surface area (Å²) in [6.45, 7) is 0.452. The maximum Gasteiger partial charge on any atom is 0.255 e. The van der Waals surface area contributed by atoms with E-state index in [0.29, 0.717) is 23.6 Å². The molecule has 24 heavy (non-hydrogen) atoms. The van der Waals surface area contributed by atoms with E-state index in [9.17, 15) is 4.79 Å². The van der Waals surface area contributed by atoms with Crippen molar-refractivity contribution in [2.75, 3.05) is 28.4 Å². The van der Waals surface area contributed by atoms with E-state index in [1.165, 1.54) is 0 Å². The molecule has 6 heteroatoms. The Morgan fingerprint density at radius 1 is 1.00 bits per heavy atom. The predicted octanol–water partition coefficient (Wildman–Crippen LogP) is 3.59. The van der Waals surface area contributed by atoms with E-state index in [1.54, 1.807) is 45.4 Å². The Hall–Kier alpha value is -1.96. The molecule has 0 aliphatic heterocycles. The number of rotatable bonds is 6. The van der Waals surface area contributed by atoms with E-state index in [1.807, 2.05) is 24.3 Å². The van der Waals surface area contributed by atoms with Crippen molar-refractivity contribution < 1.29 is 19.0 Å². The van der Waals surface area contributed by atoms with Gasteiger partial charge in [0, 0.05) is 22.7 Å². The molecule has 2 rings (SSSR count). The van der Waals surface area contributed by atoms with Crippen LogP contribution in [0.2, 0.25) is 0 Å². The smallest absolute Gasteiger partial charge is 0.255 e. The fraction of sp³-hybridized carbons (Fsp3) is 0.278. The summed E-state index contributed by atoms with van der Waals surface area (Å²) in [4.78, 5) is 14.5. The predicted molar refractivity (Wildman–Crippen MR) is 101 cm³/mol. The van der Waals surface area contributed by atoms with Gasteiger partial charge in [-0.05, 0) is 40.8 Å². The highest BCUT2D eigenvalue weighted by Crippen LogP contribution is 2.32. The quantitative estimate of drug-likeness (QED) is 0.644. The topological polar surface area (TPSA) is 48.0 Å². The lowest BCUT2D eigenvalue weighted by molar-refractivity contribution is 0.0782. The first-order valence-electron chi connectivity index (χ1n) is 7.30. The Bertz CT molecular complexity index is 733. The van der Waals surface area contributed by atoms with Crippen molar-refractivity contribution in [1.29, 1.82) is 0 Å². The Morgan fingerprint density at radius 3 is 2.21 bits per heavy atom. The summed E-state index contributed by atoms with van der Waals surface area (Å²) < 4.78 is 16.7. The van der Waals surface area contributed by atoms with Crippen LogP contribution in [-0.2, 0) is 6.54 Å². The number of amides is 1. The van der Waals surface area contributed by atoms with E-state index in [0.717, 1.165) is 14.9 Å². The number of benzene rings is 2. The maximum absolute atomic E-state index is 12.8. The standard InChI is InChI=1S/C18H20INO4/c1-20(11-12-7-5-6-8-15(12)22-2)18(21)13-9-16(23-3)17(24-4)10-14(13)19/h5-10H,11H2,1-4H3. The second-order valence-corrected chi connectivity index (χ2v) is 6.32. The highest BCUT2D eigenvalue weighted by molar-refractivity contribution is 14.1. The molecular formula is C18H20INO4. The van der Waals surface area contributed by atoms with Gasteiger partial charge in [-0.3, -0.25) is 4.79 Å². The number of nitrogens with zero attached hydrogens (tertiary/aromatic N) is 1. The van der Waals surface area contributed by atoms with Gasteiger partial charge >= 0.3 is 0 Å². The zero-order chi connectivity index (χ0) is 17.7. The molecular weight excluding hydrogens is 421 g/mol. The van der Waals surface area contributed by atoms with Gasteiger partial charge in [-0.25, -0.2) is 0 Å². The van der Waals surface area contributed by atoms with Crippen molar-refractivity contribution in [3.05, 3.63) is 51.1 Å². The molecule has 0 radical (unpaired) electrons. The molecule has 0 aromatic heterocycles. The molecule has 0 heterocycles. The zero-order valence-corrected chi connectivity index (χ0v) is 16.3. The van der Waals surface area contributed by atoms with Gasteiger partial charge in [0.15, 0.2) is 11.5 Å². The van der Waals surface area contributed by atoms with Gasteiger partial charge in [0.1, 0.15) is 5.75 Å². The second kappa shape index (κ2) is 8.23. The number of carbonyl (C=O) groups excluding carboxylic acids is 1. The summed E-state index contributed by atoms with van der Waals surface area (Å²) in [7, 11) is 6.51. The summed E-state index contributed by atoms with van der Waals surface area (Å²) in [6.07, 6.45) is 0. The zero-order valence-electron chi connectivity index (χ0n) is 14.1. The van der Waals surface area contributed by atoms with Crippen LogP contribution < -0.4 is 14.2 Å². The lowest BCUT2D eigenvalue weighted by Crippen LogP contribution is -2.27. The van der Waals surface area contributed by atoms with E-state index >= 15 is 0 Å². The number of methoxy groups -OCH3 is 3. The van der Waals surface area contributed by atoms with Crippen molar-refractivity contribution >= 4 is 28.5 Å². The molecule has 0 aliphatic rings. The molecule has 1 amide bonds. The number of ether oxygens (including phenoxy) is 3. The average Bonchev–Trinajstić information content (AvgIpc) is 2.61. The minimum atomic E-state index is -0.0914. The fourth-order valence-corrected chi connectivity index (χ4v) is 3.05. The van der Waals surface area contributed by atoms with E-state index < -0.39 is 0 Å². The first-order valence-corrected chi connectivity index (χ1v) is 8.38. The third kappa shape index (κ3) is 3.92. The van der Waals surface area contributed by atoms with Crippen molar-refractivity contribution in [2.45, 2.75) is 6.54 Å². The van der Waals surface area contributed by atoms with E-state index in [4.69, 9.17) is 14.2 Å². The largest absolute Gasteiger partial charge is 0.496 e. The molecule has 0 bridgehead atoms. The number of carbonyl (C=O) groups is 1. The SMILES string of the molecule is COc1ccccc1CN(C)C(=O)c1cc(OC)c(OC)cc1I. The van der Waals surface area contributed by atoms with Crippen LogP contribution in [0, 0.1) is 3.57 Å². The Morgan fingerprint density at radius 2 is 1.58 bits per heavy atom. The summed E-state index contributed by atoms with van der Waals surface area (Å²) in [6, 6.07) is 11.2. The Labute approximate surface area is 155 Å². The summed E-state index contributed by atoms with van der Waals surface area (Å²) >= 11 is 2.13. The van der Waals surface area contributed by atoms with Gasteiger partial charge in [-0.15, -0.1) is 0 Å². The normalized spacial score (nSPS) is 10.2. The van der Waals surface area contributed by atoms with Gasteiger partial charge in [0.2, 0.25) is 0 Å². The molecule has 0 aliphatic carbocycles. The first-order chi connectivity index (χ1) is 11.5. The highest BCUT2D eigenvalue weighted by Gasteiger charge is 2.19. The summed E-state index contributed by atoms with van der Waals surface area (Å²) in [5.74, 6) is 1.81. The molecule has 0 unspecified atom stereocenters. The molecule has 0 spiro atoms. The Balaban J connectivity index is 2.28. The molecule has 2 aromatic carbocycles. The summed E-state index contributed by atoms with van der Waals surface area (Å²) in [5.41, 5.74) is 1.52.